The Kier molecular flexibility index (Phi) is 13.4. The van der Waals surface area contributed by atoms with Crippen LogP contribution in [0.4, 0.5) is 0 Å². The summed E-state index contributed by atoms with van der Waals surface area (Å²) in [5, 5.41) is 19.1. The molecule has 0 bridgehead atoms. The summed E-state index contributed by atoms with van der Waals surface area (Å²) in [5.74, 6) is 0.577. The topological polar surface area (TPSA) is 115 Å². The standard InChI is InChI=1S/C8H13NO.2CHNO/c1-7-4-2-3-5-8(7)10-6-9;2*2-1-3/h7-8H,2-5H2,1H3;2*2H. The Balaban J connectivity index is 0. The molecule has 0 heterocycles. The molecule has 0 radical (unpaired) electrons. The molecule has 2 unspecified atom stereocenters. The van der Waals surface area contributed by atoms with Gasteiger partial charge in [-0.25, -0.2) is 20.4 Å². The molecule has 0 aliphatic heterocycles. The summed E-state index contributed by atoms with van der Waals surface area (Å²) in [6.45, 7) is 2.15. The summed E-state index contributed by atoms with van der Waals surface area (Å²) in [6.07, 6.45) is 8.27. The second-order valence-corrected chi connectivity index (χ2v) is 3.21. The number of nitrogens with zero attached hydrogens (tertiary/aromatic N) is 1. The maximum atomic E-state index is 8.35. The molecular weight excluding hydrogens is 210 g/mol. The third-order valence-electron chi connectivity index (χ3n) is 2.24. The first-order valence-electron chi connectivity index (χ1n) is 4.80. The van der Waals surface area contributed by atoms with Crippen LogP contribution in [-0.2, 0) is 14.3 Å². The van der Waals surface area contributed by atoms with E-state index < -0.39 is 0 Å². The Labute approximate surface area is 94.2 Å². The largest absolute Gasteiger partial charge is 0.424 e. The van der Waals surface area contributed by atoms with Crippen molar-refractivity contribution in [2.75, 3.05) is 0 Å². The van der Waals surface area contributed by atoms with Crippen LogP contribution in [0.2, 0.25) is 0 Å². The summed E-state index contributed by atoms with van der Waals surface area (Å²) in [4.78, 5) is 16.7. The van der Waals surface area contributed by atoms with Crippen molar-refractivity contribution in [1.29, 1.82) is 16.1 Å². The molecule has 1 aliphatic carbocycles. The predicted molar refractivity (Wildman–Crippen MR) is 54.9 cm³/mol. The molecule has 2 N–H and O–H groups in total. The van der Waals surface area contributed by atoms with Crippen LogP contribution in [0, 0.1) is 28.3 Å². The third kappa shape index (κ3) is 10.1. The van der Waals surface area contributed by atoms with Gasteiger partial charge in [-0.1, -0.05) is 13.3 Å². The van der Waals surface area contributed by atoms with Crippen molar-refractivity contribution in [3.63, 3.8) is 0 Å². The smallest absolute Gasteiger partial charge is 0.286 e. The van der Waals surface area contributed by atoms with E-state index >= 15 is 0 Å². The summed E-state index contributed by atoms with van der Waals surface area (Å²) < 4.78 is 4.90. The van der Waals surface area contributed by atoms with Gasteiger partial charge in [0.05, 0.1) is 0 Å². The van der Waals surface area contributed by atoms with E-state index in [-0.39, 0.29) is 6.10 Å². The zero-order chi connectivity index (χ0) is 12.8. The maximum Gasteiger partial charge on any atom is 0.286 e. The minimum absolute atomic E-state index is 0.207. The van der Waals surface area contributed by atoms with E-state index in [1.807, 2.05) is 0 Å². The number of hydrogen-bond donors (Lipinski definition) is 2. The highest BCUT2D eigenvalue weighted by atomic mass is 16.5. The van der Waals surface area contributed by atoms with E-state index in [9.17, 15) is 0 Å². The van der Waals surface area contributed by atoms with Gasteiger partial charge in [-0.05, 0) is 25.2 Å². The Hall–Kier alpha value is -1.95. The fourth-order valence-corrected chi connectivity index (χ4v) is 1.53. The molecule has 0 spiro atoms. The molecule has 2 atom stereocenters. The molecule has 1 saturated carbocycles. The fraction of sp³-hybridized carbons (Fsp3) is 0.700. The van der Waals surface area contributed by atoms with E-state index in [0.717, 1.165) is 18.6 Å². The summed E-state index contributed by atoms with van der Waals surface area (Å²) in [7, 11) is 0. The molecule has 1 rings (SSSR count). The molecule has 88 valence electrons. The van der Waals surface area contributed by atoms with Gasteiger partial charge in [0.15, 0.2) is 0 Å². The first-order chi connectivity index (χ1) is 7.67. The van der Waals surface area contributed by atoms with E-state index in [0.29, 0.717) is 5.92 Å². The van der Waals surface area contributed by atoms with Crippen molar-refractivity contribution in [3.8, 4) is 6.26 Å². The first kappa shape index (κ1) is 16.5. The van der Waals surface area contributed by atoms with Crippen LogP contribution in [0.25, 0.3) is 0 Å². The summed E-state index contributed by atoms with van der Waals surface area (Å²) >= 11 is 0. The van der Waals surface area contributed by atoms with Gasteiger partial charge in [0.2, 0.25) is 12.2 Å². The Morgan fingerprint density at radius 2 is 1.62 bits per heavy atom. The van der Waals surface area contributed by atoms with Crippen molar-refractivity contribution in [3.05, 3.63) is 0 Å². The number of nitriles is 1. The summed E-state index contributed by atoms with van der Waals surface area (Å²) in [6, 6.07) is 0. The monoisotopic (exact) mass is 225 g/mol. The highest BCUT2D eigenvalue weighted by Crippen LogP contribution is 2.25. The molecule has 0 aromatic heterocycles. The van der Waals surface area contributed by atoms with Crippen LogP contribution in [0.15, 0.2) is 0 Å². The van der Waals surface area contributed by atoms with Gasteiger partial charge in [-0.3, -0.25) is 0 Å². The van der Waals surface area contributed by atoms with Crippen LogP contribution in [-0.4, -0.2) is 18.3 Å². The van der Waals surface area contributed by atoms with Gasteiger partial charge < -0.3 is 4.74 Å². The van der Waals surface area contributed by atoms with Gasteiger partial charge in [0, 0.05) is 0 Å². The van der Waals surface area contributed by atoms with Gasteiger partial charge in [-0.15, -0.1) is 0 Å². The first-order valence-corrected chi connectivity index (χ1v) is 4.80. The summed E-state index contributed by atoms with van der Waals surface area (Å²) in [5.41, 5.74) is 0. The van der Waals surface area contributed by atoms with Crippen molar-refractivity contribution < 1.29 is 14.3 Å². The molecule has 0 amide bonds. The fourth-order valence-electron chi connectivity index (χ4n) is 1.53. The van der Waals surface area contributed by atoms with Crippen molar-refractivity contribution in [2.45, 2.75) is 38.7 Å². The number of hydrogen-bond acceptors (Lipinski definition) is 6. The van der Waals surface area contributed by atoms with Gasteiger partial charge >= 0.3 is 0 Å². The van der Waals surface area contributed by atoms with Crippen molar-refractivity contribution >= 4 is 12.2 Å². The van der Waals surface area contributed by atoms with Crippen LogP contribution >= 0.6 is 0 Å². The minimum atomic E-state index is 0.207. The number of nitrogens with one attached hydrogen (secondary N) is 2. The molecular formula is C10H15N3O3. The molecule has 0 aromatic carbocycles. The van der Waals surface area contributed by atoms with E-state index in [1.165, 1.54) is 19.3 Å². The van der Waals surface area contributed by atoms with E-state index in [1.54, 1.807) is 6.26 Å². The lowest BCUT2D eigenvalue weighted by Gasteiger charge is -2.25. The average Bonchev–Trinajstić information content (AvgIpc) is 2.24. The van der Waals surface area contributed by atoms with Crippen molar-refractivity contribution in [2.24, 2.45) is 5.92 Å². The van der Waals surface area contributed by atoms with Crippen LogP contribution in [0.3, 0.4) is 0 Å². The average molecular weight is 225 g/mol. The molecule has 6 heteroatoms. The Morgan fingerprint density at radius 1 is 1.19 bits per heavy atom. The van der Waals surface area contributed by atoms with Gasteiger partial charge in [0.1, 0.15) is 6.10 Å². The molecule has 1 aliphatic rings. The second kappa shape index (κ2) is 13.1. The van der Waals surface area contributed by atoms with Crippen molar-refractivity contribution in [1.82, 2.24) is 0 Å². The lowest BCUT2D eigenvalue weighted by Crippen LogP contribution is -2.23. The van der Waals surface area contributed by atoms with Gasteiger partial charge in [-0.2, -0.15) is 5.26 Å². The molecule has 1 fully saturated rings. The van der Waals surface area contributed by atoms with E-state index in [4.69, 9.17) is 30.4 Å². The Bertz CT molecular complexity index is 262. The molecule has 0 saturated heterocycles. The second-order valence-electron chi connectivity index (χ2n) is 3.21. The normalized spacial score (nSPS) is 21.5. The molecule has 0 aromatic rings. The van der Waals surface area contributed by atoms with Gasteiger partial charge in [0.25, 0.3) is 6.26 Å². The zero-order valence-corrected chi connectivity index (χ0v) is 9.16. The molecule has 16 heavy (non-hydrogen) atoms. The number of rotatable bonds is 1. The van der Waals surface area contributed by atoms with Crippen LogP contribution in [0.5, 0.6) is 0 Å². The highest BCUT2D eigenvalue weighted by molar-refractivity contribution is 5.26. The van der Waals surface area contributed by atoms with Crippen LogP contribution < -0.4 is 0 Å². The lowest BCUT2D eigenvalue weighted by molar-refractivity contribution is 0.0728. The maximum absolute atomic E-state index is 8.35. The number of carbonyl (C=O) groups excluding carboxylic acids is 2. The third-order valence-corrected chi connectivity index (χ3v) is 2.24. The minimum Gasteiger partial charge on any atom is -0.424 e. The number of isocyanates is 2. The molecule has 6 nitrogen and oxygen atoms in total. The predicted octanol–water partition coefficient (Wildman–Crippen LogP) is 1.86. The quantitative estimate of drug-likeness (QED) is 0.402. The zero-order valence-electron chi connectivity index (χ0n) is 9.16. The van der Waals surface area contributed by atoms with Crippen LogP contribution in [0.1, 0.15) is 32.6 Å². The highest BCUT2D eigenvalue weighted by Gasteiger charge is 2.22. The van der Waals surface area contributed by atoms with E-state index in [2.05, 4.69) is 6.92 Å². The Morgan fingerprint density at radius 3 is 2.00 bits per heavy atom. The lowest BCUT2D eigenvalue weighted by atomic mass is 9.88. The number of ether oxygens (including phenoxy) is 1. The SMILES string of the molecule is CC1CCCCC1OC#N.N=C=O.N=C=O.